The maximum atomic E-state index is 12.1. The molecular weight excluding hydrogens is 323 g/mol. The van der Waals surface area contributed by atoms with E-state index in [9.17, 15) is 18.0 Å². The van der Waals surface area contributed by atoms with E-state index in [1.807, 2.05) is 39.0 Å². The largest absolute Gasteiger partial charge is 0.497 e. The average molecular weight is 347 g/mol. The molecule has 5 nitrogen and oxygen atoms in total. The fourth-order valence-electron chi connectivity index (χ4n) is 1.93. The van der Waals surface area contributed by atoms with Gasteiger partial charge in [0, 0.05) is 24.3 Å². The van der Waals surface area contributed by atoms with Gasteiger partial charge in [-0.05, 0) is 17.5 Å². The zero-order chi connectivity index (χ0) is 18.4. The number of nitrogens with one attached hydrogen (secondary N) is 3. The highest BCUT2D eigenvalue weighted by Crippen LogP contribution is 2.25. The van der Waals surface area contributed by atoms with E-state index in [2.05, 4.69) is 10.6 Å². The molecule has 1 aromatic carbocycles. The van der Waals surface area contributed by atoms with Crippen LogP contribution in [0.3, 0.4) is 0 Å². The number of amides is 2. The van der Waals surface area contributed by atoms with Crippen molar-refractivity contribution < 1.29 is 22.7 Å². The number of anilines is 1. The van der Waals surface area contributed by atoms with Crippen molar-refractivity contribution in [1.29, 1.82) is 0 Å². The minimum Gasteiger partial charge on any atom is -0.497 e. The van der Waals surface area contributed by atoms with E-state index >= 15 is 0 Å². The van der Waals surface area contributed by atoms with Crippen LogP contribution < -0.4 is 20.7 Å². The molecule has 0 aliphatic heterocycles. The zero-order valence-corrected chi connectivity index (χ0v) is 14.3. The van der Waals surface area contributed by atoms with Gasteiger partial charge < -0.3 is 20.7 Å². The summed E-state index contributed by atoms with van der Waals surface area (Å²) in [6, 6.07) is 6.24. The number of benzene rings is 1. The van der Waals surface area contributed by atoms with Crippen molar-refractivity contribution in [2.24, 2.45) is 5.41 Å². The summed E-state index contributed by atoms with van der Waals surface area (Å²) in [5.41, 5.74) is 0.562. The Morgan fingerprint density at radius 2 is 1.88 bits per heavy atom. The number of hydrogen-bond donors (Lipinski definition) is 3. The fourth-order valence-corrected chi connectivity index (χ4v) is 1.93. The second-order valence-electron chi connectivity index (χ2n) is 6.47. The van der Waals surface area contributed by atoms with Gasteiger partial charge in [-0.25, -0.2) is 4.79 Å². The van der Waals surface area contributed by atoms with Crippen LogP contribution in [-0.2, 0) is 0 Å². The number of carbonyl (C=O) groups excluding carboxylic acids is 1. The van der Waals surface area contributed by atoms with Crippen molar-refractivity contribution in [3.05, 3.63) is 24.3 Å². The van der Waals surface area contributed by atoms with Crippen molar-refractivity contribution in [2.45, 2.75) is 33.0 Å². The van der Waals surface area contributed by atoms with E-state index in [1.165, 1.54) is 0 Å². The number of methoxy groups -OCH3 is 1. The van der Waals surface area contributed by atoms with E-state index in [4.69, 9.17) is 4.74 Å². The molecule has 0 aromatic heterocycles. The number of halogens is 3. The molecule has 1 atom stereocenters. The number of ether oxygens (including phenoxy) is 1. The molecule has 0 radical (unpaired) electrons. The Morgan fingerprint density at radius 1 is 1.21 bits per heavy atom. The topological polar surface area (TPSA) is 62.4 Å². The standard InChI is InChI=1S/C16H24F3N3O2/c1-15(2,3)13(9-20-14(23)21-10-16(17,18)19)22-11-6-5-7-12(8-11)24-4/h5-8,13,22H,9-10H2,1-4H3,(H2,20,21,23)/t13-/m1/s1. The van der Waals surface area contributed by atoms with E-state index in [-0.39, 0.29) is 18.0 Å². The van der Waals surface area contributed by atoms with Gasteiger partial charge in [-0.3, -0.25) is 0 Å². The predicted molar refractivity (Wildman–Crippen MR) is 87.3 cm³/mol. The Labute approximate surface area is 140 Å². The molecule has 0 spiro atoms. The third-order valence-corrected chi connectivity index (χ3v) is 3.37. The summed E-state index contributed by atoms with van der Waals surface area (Å²) in [4.78, 5) is 11.5. The lowest BCUT2D eigenvalue weighted by atomic mass is 9.86. The number of urea groups is 1. The summed E-state index contributed by atoms with van der Waals surface area (Å²) in [5, 5.41) is 7.53. The minimum absolute atomic E-state index is 0.171. The summed E-state index contributed by atoms with van der Waals surface area (Å²) in [6.45, 7) is 4.73. The Hall–Kier alpha value is -2.12. The Bertz CT molecular complexity index is 542. The molecule has 0 saturated heterocycles. The molecule has 1 rings (SSSR count). The maximum Gasteiger partial charge on any atom is 0.405 e. The lowest BCUT2D eigenvalue weighted by molar-refractivity contribution is -0.122. The number of rotatable bonds is 6. The third kappa shape index (κ3) is 7.43. The summed E-state index contributed by atoms with van der Waals surface area (Å²) < 4.78 is 41.4. The van der Waals surface area contributed by atoms with Crippen LogP contribution in [0.2, 0.25) is 0 Å². The van der Waals surface area contributed by atoms with Crippen LogP contribution in [0.5, 0.6) is 5.75 Å². The van der Waals surface area contributed by atoms with Crippen LogP contribution in [0.25, 0.3) is 0 Å². The zero-order valence-electron chi connectivity index (χ0n) is 14.3. The Balaban J connectivity index is 2.65. The third-order valence-electron chi connectivity index (χ3n) is 3.37. The van der Waals surface area contributed by atoms with Crippen LogP contribution in [0.4, 0.5) is 23.7 Å². The Kier molecular flexibility index (Phi) is 6.74. The van der Waals surface area contributed by atoms with Gasteiger partial charge in [-0.2, -0.15) is 13.2 Å². The monoisotopic (exact) mass is 347 g/mol. The molecule has 0 aliphatic rings. The number of alkyl halides is 3. The van der Waals surface area contributed by atoms with E-state index in [1.54, 1.807) is 18.5 Å². The number of hydrogen-bond acceptors (Lipinski definition) is 3. The molecule has 8 heteroatoms. The molecule has 24 heavy (non-hydrogen) atoms. The molecule has 0 aliphatic carbocycles. The van der Waals surface area contributed by atoms with E-state index < -0.39 is 18.8 Å². The second kappa shape index (κ2) is 8.12. The van der Waals surface area contributed by atoms with Crippen molar-refractivity contribution in [3.63, 3.8) is 0 Å². The SMILES string of the molecule is COc1cccc(N[C@H](CNC(=O)NCC(F)(F)F)C(C)(C)C)c1. The first kappa shape index (κ1) is 19.9. The van der Waals surface area contributed by atoms with Gasteiger partial charge in [0.05, 0.1) is 7.11 Å². The first-order valence-corrected chi connectivity index (χ1v) is 7.50. The van der Waals surface area contributed by atoms with Crippen LogP contribution >= 0.6 is 0 Å². The van der Waals surface area contributed by atoms with Gasteiger partial charge in [-0.1, -0.05) is 26.8 Å². The number of carbonyl (C=O) groups is 1. The first-order valence-electron chi connectivity index (χ1n) is 7.50. The maximum absolute atomic E-state index is 12.1. The predicted octanol–water partition coefficient (Wildman–Crippen LogP) is 3.38. The van der Waals surface area contributed by atoms with E-state index in [0.717, 1.165) is 5.69 Å². The van der Waals surface area contributed by atoms with Crippen molar-refractivity contribution in [1.82, 2.24) is 10.6 Å². The van der Waals surface area contributed by atoms with Gasteiger partial charge in [0.1, 0.15) is 12.3 Å². The molecule has 2 amide bonds. The fraction of sp³-hybridized carbons (Fsp3) is 0.562. The molecule has 0 heterocycles. The Morgan fingerprint density at radius 3 is 2.42 bits per heavy atom. The molecule has 3 N–H and O–H groups in total. The van der Waals surface area contributed by atoms with Crippen molar-refractivity contribution in [2.75, 3.05) is 25.5 Å². The minimum atomic E-state index is -4.43. The lowest BCUT2D eigenvalue weighted by Crippen LogP contribution is -2.48. The van der Waals surface area contributed by atoms with Gasteiger partial charge in [0.25, 0.3) is 0 Å². The van der Waals surface area contributed by atoms with Crippen LogP contribution in [0.15, 0.2) is 24.3 Å². The van der Waals surface area contributed by atoms with E-state index in [0.29, 0.717) is 5.75 Å². The highest BCUT2D eigenvalue weighted by atomic mass is 19.4. The molecule has 0 saturated carbocycles. The average Bonchev–Trinajstić information content (AvgIpc) is 2.47. The molecule has 1 aromatic rings. The molecule has 0 unspecified atom stereocenters. The first-order chi connectivity index (χ1) is 11.0. The van der Waals surface area contributed by atoms with Crippen LogP contribution in [-0.4, -0.2) is 38.4 Å². The van der Waals surface area contributed by atoms with Gasteiger partial charge in [0.15, 0.2) is 0 Å². The summed E-state index contributed by atoms with van der Waals surface area (Å²) >= 11 is 0. The van der Waals surface area contributed by atoms with Crippen molar-refractivity contribution >= 4 is 11.7 Å². The van der Waals surface area contributed by atoms with Gasteiger partial charge >= 0.3 is 12.2 Å². The van der Waals surface area contributed by atoms with Crippen LogP contribution in [0.1, 0.15) is 20.8 Å². The van der Waals surface area contributed by atoms with Gasteiger partial charge in [0.2, 0.25) is 0 Å². The molecular formula is C16H24F3N3O2. The van der Waals surface area contributed by atoms with Gasteiger partial charge in [-0.15, -0.1) is 0 Å². The summed E-state index contributed by atoms with van der Waals surface area (Å²) in [6.07, 6.45) is -4.43. The van der Waals surface area contributed by atoms with Crippen LogP contribution in [0, 0.1) is 5.41 Å². The quantitative estimate of drug-likeness (QED) is 0.739. The molecule has 136 valence electrons. The highest BCUT2D eigenvalue weighted by molar-refractivity contribution is 5.74. The summed E-state index contributed by atoms with van der Waals surface area (Å²) in [7, 11) is 1.56. The lowest BCUT2D eigenvalue weighted by Gasteiger charge is -2.32. The summed E-state index contributed by atoms with van der Waals surface area (Å²) in [5.74, 6) is 0.684. The molecule has 0 bridgehead atoms. The highest BCUT2D eigenvalue weighted by Gasteiger charge is 2.29. The smallest absolute Gasteiger partial charge is 0.405 e. The normalized spacial score (nSPS) is 13.1. The van der Waals surface area contributed by atoms with Crippen molar-refractivity contribution in [3.8, 4) is 5.75 Å². The molecule has 0 fully saturated rings. The second-order valence-corrected chi connectivity index (χ2v) is 6.47.